The van der Waals surface area contributed by atoms with Crippen LogP contribution in [0.4, 0.5) is 0 Å². The first-order valence-electron chi connectivity index (χ1n) is 8.91. The molecule has 8 heteroatoms. The molecule has 0 saturated carbocycles. The summed E-state index contributed by atoms with van der Waals surface area (Å²) in [6, 6.07) is 12.7. The lowest BCUT2D eigenvalue weighted by Crippen LogP contribution is -2.10. The minimum absolute atomic E-state index is 0.0222. The highest BCUT2D eigenvalue weighted by molar-refractivity contribution is 7.87. The van der Waals surface area contributed by atoms with E-state index < -0.39 is 21.4 Å². The predicted octanol–water partition coefficient (Wildman–Crippen LogP) is 3.62. The molecule has 29 heavy (non-hydrogen) atoms. The molecule has 0 saturated heterocycles. The van der Waals surface area contributed by atoms with Crippen molar-refractivity contribution in [3.05, 3.63) is 81.0 Å². The fourth-order valence-electron chi connectivity index (χ4n) is 3.12. The smallest absolute Gasteiger partial charge is 0.339 e. The summed E-state index contributed by atoms with van der Waals surface area (Å²) in [4.78, 5) is 23.0. The van der Waals surface area contributed by atoms with E-state index in [1.807, 2.05) is 6.92 Å². The summed E-state index contributed by atoms with van der Waals surface area (Å²) in [6.45, 7) is 2.00. The highest BCUT2D eigenvalue weighted by Gasteiger charge is 2.18. The molecule has 7 nitrogen and oxygen atoms in total. The van der Waals surface area contributed by atoms with E-state index in [2.05, 4.69) is 0 Å². The van der Waals surface area contributed by atoms with Crippen LogP contribution in [0.1, 0.15) is 18.9 Å². The molecule has 4 rings (SSSR count). The van der Waals surface area contributed by atoms with Gasteiger partial charge < -0.3 is 13.0 Å². The van der Waals surface area contributed by atoms with E-state index >= 15 is 0 Å². The first-order valence-corrected chi connectivity index (χ1v) is 10.3. The van der Waals surface area contributed by atoms with Gasteiger partial charge in [0.2, 0.25) is 0 Å². The lowest BCUT2D eigenvalue weighted by atomic mass is 10.1. The van der Waals surface area contributed by atoms with Crippen molar-refractivity contribution in [2.75, 3.05) is 0 Å². The summed E-state index contributed by atoms with van der Waals surface area (Å²) in [7, 11) is -4.15. The summed E-state index contributed by atoms with van der Waals surface area (Å²) in [5.74, 6) is 0.0222. The van der Waals surface area contributed by atoms with E-state index in [9.17, 15) is 18.0 Å². The van der Waals surface area contributed by atoms with E-state index in [1.54, 1.807) is 6.07 Å². The first kappa shape index (κ1) is 18.9. The molecule has 148 valence electrons. The van der Waals surface area contributed by atoms with E-state index in [0.29, 0.717) is 11.8 Å². The highest BCUT2D eigenvalue weighted by atomic mass is 32.2. The fraction of sp³-hybridized carbons (Fsp3) is 0.143. The van der Waals surface area contributed by atoms with Crippen molar-refractivity contribution in [2.24, 2.45) is 0 Å². The second kappa shape index (κ2) is 7.21. The number of hydrogen-bond donors (Lipinski definition) is 0. The van der Waals surface area contributed by atoms with Crippen LogP contribution in [-0.4, -0.2) is 8.42 Å². The third-order valence-electron chi connectivity index (χ3n) is 4.41. The Morgan fingerprint density at radius 1 is 0.862 bits per heavy atom. The Hall–Kier alpha value is -3.39. The van der Waals surface area contributed by atoms with Crippen LogP contribution in [0.25, 0.3) is 21.9 Å². The van der Waals surface area contributed by atoms with Gasteiger partial charge in [-0.15, -0.1) is 0 Å². The Bertz CT molecular complexity index is 1450. The Labute approximate surface area is 165 Å². The van der Waals surface area contributed by atoms with Crippen LogP contribution >= 0.6 is 0 Å². The van der Waals surface area contributed by atoms with Crippen LogP contribution < -0.4 is 15.4 Å². The minimum atomic E-state index is -4.15. The van der Waals surface area contributed by atoms with E-state index in [4.69, 9.17) is 13.0 Å². The molecule has 0 unspecified atom stereocenters. The summed E-state index contributed by atoms with van der Waals surface area (Å²) >= 11 is 0. The second-order valence-corrected chi connectivity index (χ2v) is 8.04. The zero-order chi connectivity index (χ0) is 20.6. The zero-order valence-corrected chi connectivity index (χ0v) is 16.2. The van der Waals surface area contributed by atoms with Crippen molar-refractivity contribution < 1.29 is 21.4 Å². The van der Waals surface area contributed by atoms with Gasteiger partial charge in [-0.2, -0.15) is 8.42 Å². The van der Waals surface area contributed by atoms with Crippen LogP contribution in [0, 0.1) is 0 Å². The lowest BCUT2D eigenvalue weighted by molar-refractivity contribution is 0.485. The molecule has 0 spiro atoms. The summed E-state index contributed by atoms with van der Waals surface area (Å²) in [5.41, 5.74) is 0.340. The SMILES string of the molecule is CCCc1cc(=O)oc2cc(OS(=O)(=O)c3ccc4oc(=O)ccc4c3)ccc12. The standard InChI is InChI=1S/C21H16O7S/c1-2-3-13-11-21(23)27-19-12-15(5-7-17(13)19)28-29(24,25)16-6-8-18-14(10-16)4-9-20(22)26-18/h4-12H,2-3H2,1H3. The molecule has 0 fully saturated rings. The molecule has 0 N–H and O–H groups in total. The lowest BCUT2D eigenvalue weighted by Gasteiger charge is -2.09. The molecule has 2 aromatic heterocycles. The minimum Gasteiger partial charge on any atom is -0.423 e. The maximum Gasteiger partial charge on any atom is 0.339 e. The van der Waals surface area contributed by atoms with Gasteiger partial charge in [0.05, 0.1) is 0 Å². The number of aryl methyl sites for hydroxylation is 1. The molecule has 2 aromatic carbocycles. The first-order chi connectivity index (χ1) is 13.9. The van der Waals surface area contributed by atoms with Gasteiger partial charge in [0, 0.05) is 29.0 Å². The summed E-state index contributed by atoms with van der Waals surface area (Å²) in [6.07, 6.45) is 1.56. The number of fused-ring (bicyclic) bond motifs is 2. The van der Waals surface area contributed by atoms with Gasteiger partial charge in [-0.25, -0.2) is 9.59 Å². The van der Waals surface area contributed by atoms with Crippen molar-refractivity contribution in [3.63, 3.8) is 0 Å². The molecule has 0 radical (unpaired) electrons. The molecule has 0 amide bonds. The normalized spacial score (nSPS) is 11.8. The molecular weight excluding hydrogens is 396 g/mol. The number of rotatable bonds is 5. The van der Waals surface area contributed by atoms with Crippen LogP contribution in [0.5, 0.6) is 5.75 Å². The average molecular weight is 412 g/mol. The quantitative estimate of drug-likeness (QED) is 0.364. The van der Waals surface area contributed by atoms with Crippen molar-refractivity contribution in [1.29, 1.82) is 0 Å². The molecule has 0 aliphatic rings. The Morgan fingerprint density at radius 2 is 1.66 bits per heavy atom. The van der Waals surface area contributed by atoms with Gasteiger partial charge in [0.25, 0.3) is 0 Å². The van der Waals surface area contributed by atoms with Crippen molar-refractivity contribution in [1.82, 2.24) is 0 Å². The van der Waals surface area contributed by atoms with E-state index in [-0.39, 0.29) is 21.8 Å². The summed E-state index contributed by atoms with van der Waals surface area (Å²) < 4.78 is 40.8. The van der Waals surface area contributed by atoms with Gasteiger partial charge >= 0.3 is 21.4 Å². The van der Waals surface area contributed by atoms with Gasteiger partial charge in [0.1, 0.15) is 21.8 Å². The van der Waals surface area contributed by atoms with Gasteiger partial charge in [-0.1, -0.05) is 13.3 Å². The highest BCUT2D eigenvalue weighted by Crippen LogP contribution is 2.27. The Balaban J connectivity index is 1.72. The number of benzene rings is 2. The molecule has 2 heterocycles. The predicted molar refractivity (Wildman–Crippen MR) is 107 cm³/mol. The maximum atomic E-state index is 12.7. The van der Waals surface area contributed by atoms with Crippen molar-refractivity contribution >= 4 is 32.1 Å². The third-order valence-corrected chi connectivity index (χ3v) is 5.65. The summed E-state index contributed by atoms with van der Waals surface area (Å²) in [5, 5.41) is 1.18. The van der Waals surface area contributed by atoms with Gasteiger partial charge in [0.15, 0.2) is 0 Å². The van der Waals surface area contributed by atoms with E-state index in [0.717, 1.165) is 17.4 Å². The van der Waals surface area contributed by atoms with Gasteiger partial charge in [-0.05, 0) is 48.4 Å². The Morgan fingerprint density at radius 3 is 2.45 bits per heavy atom. The molecule has 0 bridgehead atoms. The third kappa shape index (κ3) is 3.79. The van der Waals surface area contributed by atoms with Gasteiger partial charge in [-0.3, -0.25) is 0 Å². The fourth-order valence-corrected chi connectivity index (χ4v) is 4.08. The van der Waals surface area contributed by atoms with Crippen molar-refractivity contribution in [2.45, 2.75) is 24.7 Å². The Kier molecular flexibility index (Phi) is 4.71. The van der Waals surface area contributed by atoms with Crippen molar-refractivity contribution in [3.8, 4) is 5.75 Å². The number of hydrogen-bond acceptors (Lipinski definition) is 7. The zero-order valence-electron chi connectivity index (χ0n) is 15.4. The average Bonchev–Trinajstić information content (AvgIpc) is 2.67. The molecule has 0 atom stereocenters. The maximum absolute atomic E-state index is 12.7. The largest absolute Gasteiger partial charge is 0.423 e. The molecular formula is C21H16O7S. The van der Waals surface area contributed by atoms with Crippen LogP contribution in [0.15, 0.2) is 77.9 Å². The topological polar surface area (TPSA) is 104 Å². The monoisotopic (exact) mass is 412 g/mol. The van der Waals surface area contributed by atoms with E-state index in [1.165, 1.54) is 48.5 Å². The van der Waals surface area contributed by atoms with Crippen LogP contribution in [0.3, 0.4) is 0 Å². The van der Waals surface area contributed by atoms with Crippen LogP contribution in [-0.2, 0) is 16.5 Å². The van der Waals surface area contributed by atoms with Crippen LogP contribution in [0.2, 0.25) is 0 Å². The molecule has 0 aliphatic heterocycles. The second-order valence-electron chi connectivity index (χ2n) is 6.49. The molecule has 0 aliphatic carbocycles. The molecule has 4 aromatic rings.